The number of ether oxygens (including phenoxy) is 4. The summed E-state index contributed by atoms with van der Waals surface area (Å²) in [5.74, 6) is 2.01. The number of carbonyl (C=O) groups is 2. The molecule has 3 aliphatic heterocycles. The fourth-order valence-corrected chi connectivity index (χ4v) is 7.70. The molecule has 4 aromatic rings. The topological polar surface area (TPSA) is 111 Å². The average Bonchev–Trinajstić information content (AvgIpc) is 3.50. The quantitative estimate of drug-likeness (QED) is 0.0704. The number of methoxy groups -OCH3 is 2. The van der Waals surface area contributed by atoms with Gasteiger partial charge in [0.15, 0.2) is 23.0 Å². The standard InChI is InChI=1S/C38H36N4O6.C9H20S/c1-23-9-10-33-25(13-23)15-27-21-40-32-19-37(35(46-3)17-30(32)38(44)42(27)33)48-12-6-11-47-36-18-31-29(16-34(36)45-2)28-8-5-4-7-24(28)14-26(20-39-31)41-22-43;1-4-5-6-7-8-9(2,3)10/h4-5,7-10,13,16-22,26-27H,6,11-12,14-15H2,1-3H3,(H,41,43);10H,4-8H2,1-3H3/t26?,27-;/m0./s1. The van der Waals surface area contributed by atoms with E-state index in [1.165, 1.54) is 37.7 Å². The summed E-state index contributed by atoms with van der Waals surface area (Å²) in [6.07, 6.45) is 12.9. The van der Waals surface area contributed by atoms with Crippen molar-refractivity contribution in [2.24, 2.45) is 9.98 Å². The molecule has 11 heteroatoms. The first-order valence-corrected chi connectivity index (χ1v) is 20.7. The van der Waals surface area contributed by atoms with Gasteiger partial charge >= 0.3 is 0 Å². The van der Waals surface area contributed by atoms with Gasteiger partial charge in [0.2, 0.25) is 6.41 Å². The van der Waals surface area contributed by atoms with E-state index in [-0.39, 0.29) is 22.7 Å². The molecular weight excluding hydrogens is 749 g/mol. The van der Waals surface area contributed by atoms with Crippen molar-refractivity contribution in [3.05, 3.63) is 89.0 Å². The second-order valence-electron chi connectivity index (χ2n) is 15.6. The fourth-order valence-electron chi connectivity index (χ4n) is 7.55. The maximum absolute atomic E-state index is 13.8. The van der Waals surface area contributed by atoms with E-state index in [0.717, 1.165) is 40.0 Å². The normalized spacial score (nSPS) is 16.2. The lowest BCUT2D eigenvalue weighted by Crippen LogP contribution is -2.37. The molecule has 2 amide bonds. The van der Waals surface area contributed by atoms with Crippen LogP contribution in [0.15, 0.2) is 76.7 Å². The maximum atomic E-state index is 13.8. The smallest absolute Gasteiger partial charge is 0.261 e. The van der Waals surface area contributed by atoms with Crippen molar-refractivity contribution in [3.63, 3.8) is 0 Å². The summed E-state index contributed by atoms with van der Waals surface area (Å²) in [7, 11) is 3.17. The van der Waals surface area contributed by atoms with Gasteiger partial charge in [-0.1, -0.05) is 88.4 Å². The van der Waals surface area contributed by atoms with E-state index >= 15 is 0 Å². The SMILES string of the molecule is CCCCCCC(C)(C)S.COc1cc2c(cc1OCCCOc1cc3c(cc1OC)-c1ccccc1CC(NC=O)C=N3)N=C[C@@H]1Cc3cc(C)ccc3N1C2=O. The molecular formula is C47H56N4O6S. The Morgan fingerprint density at radius 1 is 0.793 bits per heavy atom. The monoisotopic (exact) mass is 804 g/mol. The van der Waals surface area contributed by atoms with Crippen molar-refractivity contribution in [2.75, 3.05) is 32.3 Å². The molecule has 0 aliphatic carbocycles. The second-order valence-corrected chi connectivity index (χ2v) is 16.8. The van der Waals surface area contributed by atoms with Crippen LogP contribution in [0.5, 0.6) is 23.0 Å². The molecule has 58 heavy (non-hydrogen) atoms. The number of nitrogens with one attached hydrogen (secondary N) is 1. The number of thiol groups is 1. The highest BCUT2D eigenvalue weighted by molar-refractivity contribution is 7.81. The molecule has 4 aromatic carbocycles. The Bertz CT molecular complexity index is 2140. The Labute approximate surface area is 348 Å². The van der Waals surface area contributed by atoms with Crippen LogP contribution in [0.1, 0.15) is 86.3 Å². The Morgan fingerprint density at radius 3 is 2.14 bits per heavy atom. The maximum Gasteiger partial charge on any atom is 0.261 e. The first kappa shape index (κ1) is 42.3. The van der Waals surface area contributed by atoms with Crippen molar-refractivity contribution in [1.29, 1.82) is 0 Å². The van der Waals surface area contributed by atoms with Crippen LogP contribution in [0.2, 0.25) is 0 Å². The highest BCUT2D eigenvalue weighted by Crippen LogP contribution is 2.43. The Hall–Kier alpha value is -5.29. The van der Waals surface area contributed by atoms with E-state index < -0.39 is 0 Å². The number of aliphatic imine (C=N–C) groups is 2. The number of benzene rings is 4. The minimum atomic E-state index is -0.229. The third kappa shape index (κ3) is 10.2. The molecule has 0 spiro atoms. The third-order valence-electron chi connectivity index (χ3n) is 10.5. The first-order chi connectivity index (χ1) is 28.0. The van der Waals surface area contributed by atoms with Crippen molar-refractivity contribution in [3.8, 4) is 34.1 Å². The van der Waals surface area contributed by atoms with Gasteiger partial charge in [-0.2, -0.15) is 12.6 Å². The van der Waals surface area contributed by atoms with Gasteiger partial charge in [-0.15, -0.1) is 0 Å². The van der Waals surface area contributed by atoms with E-state index in [2.05, 4.69) is 57.8 Å². The lowest BCUT2D eigenvalue weighted by atomic mass is 9.93. The first-order valence-electron chi connectivity index (χ1n) is 20.2. The number of nitrogens with zero attached hydrogens (tertiary/aromatic N) is 3. The van der Waals surface area contributed by atoms with E-state index in [1.807, 2.05) is 53.6 Å². The Kier molecular flexibility index (Phi) is 14.2. The van der Waals surface area contributed by atoms with Gasteiger partial charge in [-0.05, 0) is 54.7 Å². The predicted octanol–water partition coefficient (Wildman–Crippen LogP) is 9.85. The van der Waals surface area contributed by atoms with Crippen molar-refractivity contribution in [1.82, 2.24) is 5.32 Å². The average molecular weight is 805 g/mol. The predicted molar refractivity (Wildman–Crippen MR) is 237 cm³/mol. The molecule has 0 saturated carbocycles. The molecule has 3 heterocycles. The summed E-state index contributed by atoms with van der Waals surface area (Å²) in [5.41, 5.74) is 8.03. The number of hydrogen-bond donors (Lipinski definition) is 2. The molecule has 3 aliphatic rings. The molecule has 1 N–H and O–H groups in total. The van der Waals surface area contributed by atoms with Gasteiger partial charge in [0, 0.05) is 53.4 Å². The number of carbonyl (C=O) groups excluding carboxylic acids is 2. The summed E-state index contributed by atoms with van der Waals surface area (Å²) in [6.45, 7) is 9.35. The summed E-state index contributed by atoms with van der Waals surface area (Å²) >= 11 is 4.46. The van der Waals surface area contributed by atoms with Gasteiger partial charge in [0.05, 0.1) is 56.5 Å². The number of amides is 2. The fraction of sp³-hybridized carbons (Fsp3) is 0.404. The molecule has 0 aromatic heterocycles. The number of hydrogen-bond acceptors (Lipinski definition) is 9. The molecule has 0 fully saturated rings. The van der Waals surface area contributed by atoms with E-state index in [1.54, 1.807) is 32.6 Å². The van der Waals surface area contributed by atoms with Crippen molar-refractivity contribution >= 4 is 54.4 Å². The molecule has 10 nitrogen and oxygen atoms in total. The zero-order chi connectivity index (χ0) is 41.2. The van der Waals surface area contributed by atoms with E-state index in [9.17, 15) is 9.59 Å². The number of aryl methyl sites for hydroxylation is 1. The van der Waals surface area contributed by atoms with Gasteiger partial charge in [0.1, 0.15) is 0 Å². The van der Waals surface area contributed by atoms with Crippen LogP contribution in [0.4, 0.5) is 17.1 Å². The zero-order valence-electron chi connectivity index (χ0n) is 34.5. The second kappa shape index (κ2) is 19.4. The van der Waals surface area contributed by atoms with Gasteiger partial charge in [0.25, 0.3) is 5.91 Å². The summed E-state index contributed by atoms with van der Waals surface area (Å²) in [4.78, 5) is 36.2. The summed E-state index contributed by atoms with van der Waals surface area (Å²) in [5, 5.41) is 2.83. The number of unbranched alkanes of at least 4 members (excludes halogenated alkanes) is 3. The highest BCUT2D eigenvalue weighted by Gasteiger charge is 2.36. The summed E-state index contributed by atoms with van der Waals surface area (Å²) < 4.78 is 23.9. The van der Waals surface area contributed by atoms with Gasteiger partial charge < -0.3 is 24.3 Å². The van der Waals surface area contributed by atoms with Crippen molar-refractivity contribution in [2.45, 2.75) is 95.9 Å². The van der Waals surface area contributed by atoms with Crippen LogP contribution in [0, 0.1) is 6.92 Å². The molecule has 306 valence electrons. The minimum absolute atomic E-state index is 0.109. The van der Waals surface area contributed by atoms with Crippen LogP contribution in [-0.2, 0) is 17.6 Å². The highest BCUT2D eigenvalue weighted by atomic mass is 32.1. The number of anilines is 1. The lowest BCUT2D eigenvalue weighted by Gasteiger charge is -2.22. The number of fused-ring (bicyclic) bond motifs is 7. The summed E-state index contributed by atoms with van der Waals surface area (Å²) in [6, 6.07) is 21.2. The largest absolute Gasteiger partial charge is 0.493 e. The molecule has 0 bridgehead atoms. The van der Waals surface area contributed by atoms with Crippen molar-refractivity contribution < 1.29 is 28.5 Å². The van der Waals surface area contributed by atoms with Crippen LogP contribution in [0.3, 0.4) is 0 Å². The lowest BCUT2D eigenvalue weighted by molar-refractivity contribution is -0.109. The molecule has 2 atom stereocenters. The van der Waals surface area contributed by atoms with Gasteiger partial charge in [-0.3, -0.25) is 24.5 Å². The van der Waals surface area contributed by atoms with Crippen LogP contribution in [-0.4, -0.2) is 69.0 Å². The van der Waals surface area contributed by atoms with Gasteiger partial charge in [-0.25, -0.2) is 0 Å². The van der Waals surface area contributed by atoms with E-state index in [0.29, 0.717) is 66.7 Å². The van der Waals surface area contributed by atoms with Crippen LogP contribution in [0.25, 0.3) is 11.1 Å². The number of rotatable bonds is 15. The molecule has 0 radical (unpaired) electrons. The Morgan fingerprint density at radius 2 is 1.47 bits per heavy atom. The van der Waals surface area contributed by atoms with Crippen LogP contribution >= 0.6 is 12.6 Å². The Balaban J connectivity index is 0.000000503. The molecule has 7 rings (SSSR count). The third-order valence-corrected chi connectivity index (χ3v) is 10.7. The van der Waals surface area contributed by atoms with E-state index in [4.69, 9.17) is 28.9 Å². The molecule has 0 saturated heterocycles. The van der Waals surface area contributed by atoms with Crippen LogP contribution < -0.4 is 29.2 Å². The zero-order valence-corrected chi connectivity index (χ0v) is 35.4. The molecule has 1 unspecified atom stereocenters. The minimum Gasteiger partial charge on any atom is -0.493 e.